The number of fused-ring (bicyclic) bond motifs is 2. The molecule has 1 fully saturated rings. The lowest BCUT2D eigenvalue weighted by molar-refractivity contribution is -0.144. The molecule has 35 heavy (non-hydrogen) atoms. The molecule has 1 aromatic carbocycles. The van der Waals surface area contributed by atoms with E-state index in [1.54, 1.807) is 0 Å². The van der Waals surface area contributed by atoms with Crippen LogP contribution in [0.2, 0.25) is 0 Å². The van der Waals surface area contributed by atoms with Crippen molar-refractivity contribution in [3.05, 3.63) is 46.5 Å². The van der Waals surface area contributed by atoms with E-state index < -0.39 is 11.5 Å². The van der Waals surface area contributed by atoms with Gasteiger partial charge in [-0.2, -0.15) is 11.8 Å². The van der Waals surface area contributed by atoms with Crippen LogP contribution in [-0.2, 0) is 22.6 Å². The lowest BCUT2D eigenvalue weighted by Crippen LogP contribution is -2.57. The Morgan fingerprint density at radius 2 is 1.97 bits per heavy atom. The summed E-state index contributed by atoms with van der Waals surface area (Å²) >= 11 is 2.90. The first-order valence-electron chi connectivity index (χ1n) is 12.1. The maximum Gasteiger partial charge on any atom is 0.236 e. The molecule has 0 bridgehead atoms. The summed E-state index contributed by atoms with van der Waals surface area (Å²) in [7, 11) is 0. The third-order valence-electron chi connectivity index (χ3n) is 8.14. The molecule has 5 atom stereocenters. The van der Waals surface area contributed by atoms with E-state index in [4.69, 9.17) is 4.98 Å². The number of aliphatic hydroxyl groups excluding tert-OH is 2. The van der Waals surface area contributed by atoms with Crippen LogP contribution in [0.1, 0.15) is 55.2 Å². The topological polar surface area (TPSA) is 112 Å². The van der Waals surface area contributed by atoms with Crippen LogP contribution >= 0.6 is 23.1 Å². The van der Waals surface area contributed by atoms with Gasteiger partial charge in [0.25, 0.3) is 0 Å². The van der Waals surface area contributed by atoms with Crippen molar-refractivity contribution in [1.29, 1.82) is 0 Å². The molecule has 4 rings (SSSR count). The average Bonchev–Trinajstić information content (AvgIpc) is 3.24. The van der Waals surface area contributed by atoms with Crippen molar-refractivity contribution >= 4 is 40.0 Å². The summed E-state index contributed by atoms with van der Waals surface area (Å²) in [5.41, 5.74) is 0.924. The molecule has 9 heteroatoms. The number of anilines is 1. The summed E-state index contributed by atoms with van der Waals surface area (Å²) in [5.74, 6) is 0.0145. The summed E-state index contributed by atoms with van der Waals surface area (Å²) in [6.07, 6.45) is 3.53. The SMILES string of the molecule is CSCC(=O)Nc1nc2c(s1)CC1C(C)(CO)C(O)CCC1(C)C2CC(=O)NCc1ccccc1. The largest absolute Gasteiger partial charge is 0.396 e. The van der Waals surface area contributed by atoms with Gasteiger partial charge in [-0.1, -0.05) is 44.2 Å². The normalized spacial score (nSPS) is 29.7. The van der Waals surface area contributed by atoms with Gasteiger partial charge in [0.1, 0.15) is 0 Å². The molecule has 0 aliphatic heterocycles. The molecule has 5 unspecified atom stereocenters. The van der Waals surface area contributed by atoms with Crippen LogP contribution in [-0.4, -0.2) is 51.7 Å². The van der Waals surface area contributed by atoms with Crippen LogP contribution in [0.25, 0.3) is 0 Å². The third kappa shape index (κ3) is 5.14. The quantitative estimate of drug-likeness (QED) is 0.426. The zero-order valence-corrected chi connectivity index (χ0v) is 22.2. The van der Waals surface area contributed by atoms with E-state index >= 15 is 0 Å². The number of thiazole rings is 1. The van der Waals surface area contributed by atoms with Gasteiger partial charge >= 0.3 is 0 Å². The van der Waals surface area contributed by atoms with Crippen molar-refractivity contribution in [2.45, 2.75) is 58.1 Å². The molecule has 190 valence electrons. The molecular formula is C26H35N3O4S2. The third-order valence-corrected chi connectivity index (χ3v) is 9.70. The van der Waals surface area contributed by atoms with E-state index in [1.165, 1.54) is 23.1 Å². The fourth-order valence-electron chi connectivity index (χ4n) is 6.04. The van der Waals surface area contributed by atoms with Crippen molar-refractivity contribution in [2.75, 3.05) is 23.9 Å². The Balaban J connectivity index is 1.64. The first kappa shape index (κ1) is 26.1. The molecular weight excluding hydrogens is 482 g/mol. The van der Waals surface area contributed by atoms with Crippen molar-refractivity contribution in [2.24, 2.45) is 16.7 Å². The van der Waals surface area contributed by atoms with Crippen LogP contribution in [0.15, 0.2) is 30.3 Å². The van der Waals surface area contributed by atoms with Crippen molar-refractivity contribution in [3.63, 3.8) is 0 Å². The number of benzene rings is 1. The van der Waals surface area contributed by atoms with Gasteiger partial charge in [-0.25, -0.2) is 4.98 Å². The van der Waals surface area contributed by atoms with Gasteiger partial charge in [-0.3, -0.25) is 9.59 Å². The smallest absolute Gasteiger partial charge is 0.236 e. The maximum atomic E-state index is 13.2. The molecule has 2 aliphatic carbocycles. The molecule has 0 spiro atoms. The molecule has 0 radical (unpaired) electrons. The standard InChI is InChI=1S/C26H35N3O4S2/c1-25-10-9-20(31)26(2,15-30)19(25)12-18-23(29-24(35-18)28-22(33)14-34-3)17(25)11-21(32)27-13-16-7-5-4-6-8-16/h4-8,17,19-20,30-31H,9-15H2,1-3H3,(H,27,32)(H,28,29,33). The Bertz CT molecular complexity index is 1060. The molecule has 7 nitrogen and oxygen atoms in total. The number of carbonyl (C=O) groups excluding carboxylic acids is 2. The summed E-state index contributed by atoms with van der Waals surface area (Å²) in [6.45, 7) is 4.48. The van der Waals surface area contributed by atoms with Crippen molar-refractivity contribution < 1.29 is 19.8 Å². The first-order chi connectivity index (χ1) is 16.7. The van der Waals surface area contributed by atoms with Crippen LogP contribution in [0, 0.1) is 16.7 Å². The Labute approximate surface area is 215 Å². The Morgan fingerprint density at radius 3 is 2.66 bits per heavy atom. The maximum absolute atomic E-state index is 13.2. The van der Waals surface area contributed by atoms with Gasteiger partial charge in [0, 0.05) is 29.2 Å². The van der Waals surface area contributed by atoms with E-state index in [-0.39, 0.29) is 42.1 Å². The van der Waals surface area contributed by atoms with Gasteiger partial charge in [-0.05, 0) is 42.4 Å². The van der Waals surface area contributed by atoms with E-state index in [0.717, 1.165) is 22.6 Å². The Kier molecular flexibility index (Phi) is 7.90. The van der Waals surface area contributed by atoms with Gasteiger partial charge in [0.05, 0.1) is 24.2 Å². The highest BCUT2D eigenvalue weighted by molar-refractivity contribution is 7.99. The summed E-state index contributed by atoms with van der Waals surface area (Å²) < 4.78 is 0. The van der Waals surface area contributed by atoms with Gasteiger partial charge in [-0.15, -0.1) is 11.3 Å². The minimum absolute atomic E-state index is 0.0154. The monoisotopic (exact) mass is 517 g/mol. The van der Waals surface area contributed by atoms with E-state index in [1.807, 2.05) is 43.5 Å². The number of thioether (sulfide) groups is 1. The fraction of sp³-hybridized carbons (Fsp3) is 0.577. The zero-order valence-electron chi connectivity index (χ0n) is 20.5. The number of aromatic nitrogens is 1. The van der Waals surface area contributed by atoms with Crippen LogP contribution in [0.5, 0.6) is 0 Å². The predicted molar refractivity (Wildman–Crippen MR) is 141 cm³/mol. The number of hydrogen-bond donors (Lipinski definition) is 4. The number of carbonyl (C=O) groups is 2. The second-order valence-electron chi connectivity index (χ2n) is 10.3. The average molecular weight is 518 g/mol. The lowest BCUT2D eigenvalue weighted by atomic mass is 9.47. The minimum atomic E-state index is -0.671. The number of rotatable bonds is 8. The van der Waals surface area contributed by atoms with Crippen molar-refractivity contribution in [3.8, 4) is 0 Å². The minimum Gasteiger partial charge on any atom is -0.396 e. The number of hydrogen-bond acceptors (Lipinski definition) is 7. The molecule has 1 aromatic heterocycles. The number of nitrogens with one attached hydrogen (secondary N) is 2. The van der Waals surface area contributed by atoms with Gasteiger partial charge in [0.15, 0.2) is 5.13 Å². The predicted octanol–water partition coefficient (Wildman–Crippen LogP) is 3.57. The van der Waals surface area contributed by atoms with Gasteiger partial charge < -0.3 is 20.8 Å². The van der Waals surface area contributed by atoms with E-state index in [2.05, 4.69) is 17.6 Å². The van der Waals surface area contributed by atoms with Crippen molar-refractivity contribution in [1.82, 2.24) is 10.3 Å². The highest BCUT2D eigenvalue weighted by Gasteiger charge is 2.59. The lowest BCUT2D eigenvalue weighted by Gasteiger charge is -2.58. The number of nitrogens with zero attached hydrogens (tertiary/aromatic N) is 1. The highest BCUT2D eigenvalue weighted by atomic mass is 32.2. The van der Waals surface area contributed by atoms with E-state index in [0.29, 0.717) is 30.3 Å². The summed E-state index contributed by atoms with van der Waals surface area (Å²) in [5, 5.41) is 27.8. The zero-order chi connectivity index (χ0) is 25.2. The highest BCUT2D eigenvalue weighted by Crippen LogP contribution is 2.62. The molecule has 4 N–H and O–H groups in total. The molecule has 2 aliphatic rings. The van der Waals surface area contributed by atoms with E-state index in [9.17, 15) is 19.8 Å². The van der Waals surface area contributed by atoms with Crippen LogP contribution in [0.4, 0.5) is 5.13 Å². The van der Waals surface area contributed by atoms with Crippen LogP contribution in [0.3, 0.4) is 0 Å². The number of aliphatic hydroxyl groups is 2. The first-order valence-corrected chi connectivity index (χ1v) is 14.3. The second kappa shape index (κ2) is 10.6. The van der Waals surface area contributed by atoms with Crippen LogP contribution < -0.4 is 10.6 Å². The summed E-state index contributed by atoms with van der Waals surface area (Å²) in [6, 6.07) is 9.81. The Morgan fingerprint density at radius 1 is 1.23 bits per heavy atom. The summed E-state index contributed by atoms with van der Waals surface area (Å²) in [4.78, 5) is 31.2. The molecule has 1 saturated carbocycles. The van der Waals surface area contributed by atoms with Gasteiger partial charge in [0.2, 0.25) is 11.8 Å². The number of amides is 2. The molecule has 0 saturated heterocycles. The molecule has 2 amide bonds. The second-order valence-corrected chi connectivity index (χ2v) is 12.3. The molecule has 2 aromatic rings. The fourth-order valence-corrected chi connectivity index (χ4v) is 7.46. The Hall–Kier alpha value is -1.94. The molecule has 1 heterocycles.